The summed E-state index contributed by atoms with van der Waals surface area (Å²) in [5.74, 6) is 0. The van der Waals surface area contributed by atoms with Gasteiger partial charge in [0.15, 0.2) is 7.14 Å². The highest BCUT2D eigenvalue weighted by Gasteiger charge is 2.31. The molecule has 4 aromatic heterocycles. The minimum absolute atomic E-state index is 0.833. The summed E-state index contributed by atoms with van der Waals surface area (Å²) in [5.41, 5.74) is 4.41. The fourth-order valence-corrected chi connectivity index (χ4v) is 11.2. The Kier molecular flexibility index (Phi) is 6.46. The second-order valence-corrected chi connectivity index (χ2v) is 16.4. The fraction of sp³-hybridized carbons (Fsp3) is 0. The molecule has 0 spiro atoms. The molecule has 4 heterocycles. The van der Waals surface area contributed by atoms with Crippen LogP contribution < -0.4 is 15.9 Å². The molecular weight excluding hydrogens is 620 g/mol. The van der Waals surface area contributed by atoms with E-state index in [1.165, 1.54) is 29.6 Å². The van der Waals surface area contributed by atoms with Gasteiger partial charge in [-0.2, -0.15) is 0 Å². The minimum Gasteiger partial charge on any atom is -0.309 e. The lowest BCUT2D eigenvalue weighted by atomic mass is 10.0. The monoisotopic (exact) mass is 644 g/mol. The van der Waals surface area contributed by atoms with Crippen LogP contribution in [0.1, 0.15) is 0 Å². The Morgan fingerprint density at radius 2 is 0.870 bits per heavy atom. The second kappa shape index (κ2) is 10.9. The van der Waals surface area contributed by atoms with Crippen LogP contribution in [0.5, 0.6) is 0 Å². The smallest absolute Gasteiger partial charge is 0.171 e. The molecule has 0 aliphatic carbocycles. The van der Waals surface area contributed by atoms with Gasteiger partial charge in [-0.05, 0) is 83.9 Å². The lowest BCUT2D eigenvalue weighted by Crippen LogP contribution is -2.24. The van der Waals surface area contributed by atoms with Gasteiger partial charge >= 0.3 is 0 Å². The van der Waals surface area contributed by atoms with E-state index >= 15 is 4.57 Å². The van der Waals surface area contributed by atoms with Crippen LogP contribution in [0, 0.1) is 0 Å². The van der Waals surface area contributed by atoms with Crippen molar-refractivity contribution in [2.75, 3.05) is 0 Å². The van der Waals surface area contributed by atoms with Crippen molar-refractivity contribution in [1.29, 1.82) is 0 Å². The summed E-state index contributed by atoms with van der Waals surface area (Å²) in [7, 11) is -3.24. The van der Waals surface area contributed by atoms with E-state index in [0.29, 0.717) is 0 Å². The van der Waals surface area contributed by atoms with Crippen molar-refractivity contribution in [3.05, 3.63) is 152 Å². The Balaban J connectivity index is 1.25. The normalized spacial score (nSPS) is 12.0. The average molecular weight is 645 g/mol. The van der Waals surface area contributed by atoms with Crippen molar-refractivity contribution in [2.45, 2.75) is 0 Å². The van der Waals surface area contributed by atoms with Crippen molar-refractivity contribution in [3.8, 4) is 22.3 Å². The van der Waals surface area contributed by atoms with Gasteiger partial charge in [0.25, 0.3) is 0 Å². The highest BCUT2D eigenvalue weighted by molar-refractivity contribution is 7.85. The molecule has 9 rings (SSSR count). The second-order valence-electron chi connectivity index (χ2n) is 11.4. The van der Waals surface area contributed by atoms with Gasteiger partial charge in [0.1, 0.15) is 0 Å². The van der Waals surface area contributed by atoms with Gasteiger partial charge in [-0.25, -0.2) is 0 Å². The summed E-state index contributed by atoms with van der Waals surface area (Å²) in [6.45, 7) is 0. The molecule has 0 N–H and O–H groups in total. The van der Waals surface area contributed by atoms with Crippen molar-refractivity contribution in [3.63, 3.8) is 0 Å². The van der Waals surface area contributed by atoms with Crippen LogP contribution in [0.4, 0.5) is 0 Å². The van der Waals surface area contributed by atoms with E-state index in [1.54, 1.807) is 35.1 Å². The number of hydrogen-bond acceptors (Lipinski definition) is 5. The van der Waals surface area contributed by atoms with E-state index in [2.05, 4.69) is 94.9 Å². The van der Waals surface area contributed by atoms with E-state index in [-0.39, 0.29) is 0 Å². The zero-order valence-electron chi connectivity index (χ0n) is 24.5. The van der Waals surface area contributed by atoms with Crippen LogP contribution in [0.3, 0.4) is 0 Å². The molecule has 3 nitrogen and oxygen atoms in total. The molecule has 0 amide bonds. The summed E-state index contributed by atoms with van der Waals surface area (Å²) in [4.78, 5) is 8.65. The molecule has 0 bridgehead atoms. The first kappa shape index (κ1) is 27.4. The molecule has 0 fully saturated rings. The first-order chi connectivity index (χ1) is 22.6. The Hall–Kier alpha value is -4.93. The summed E-state index contributed by atoms with van der Waals surface area (Å²) < 4.78 is 20.6. The lowest BCUT2D eigenvalue weighted by molar-refractivity contribution is 0.592. The van der Waals surface area contributed by atoms with Crippen molar-refractivity contribution in [2.24, 2.45) is 0 Å². The third-order valence-corrected chi connectivity index (χ3v) is 14.1. The fourth-order valence-electron chi connectivity index (χ4n) is 6.43. The number of fused-ring (bicyclic) bond motifs is 6. The van der Waals surface area contributed by atoms with E-state index in [9.17, 15) is 0 Å². The van der Waals surface area contributed by atoms with Gasteiger partial charge in [-0.3, -0.25) is 9.97 Å². The topological polar surface area (TPSA) is 42.9 Å². The zero-order valence-corrected chi connectivity index (χ0v) is 27.0. The van der Waals surface area contributed by atoms with Crippen LogP contribution in [0.15, 0.2) is 152 Å². The molecule has 0 unspecified atom stereocenters. The number of hydrogen-bond donors (Lipinski definition) is 0. The molecule has 0 atom stereocenters. The summed E-state index contributed by atoms with van der Waals surface area (Å²) in [6.07, 6.45) is 7.39. The standard InChI is InChI=1S/C40H25N2OPS2/c43-44(30-8-2-1-3-9-30,31-12-16-39-35(22-31)33-20-26(10-14-37(33)45-39)28-6-4-18-41-24-28)32-13-17-40-36(23-32)34-21-27(11-15-38(34)46-40)29-7-5-19-42-25-29/h1-25H. The number of nitrogens with zero attached hydrogens (tertiary/aromatic N) is 2. The largest absolute Gasteiger partial charge is 0.309 e. The van der Waals surface area contributed by atoms with Gasteiger partial charge in [0, 0.05) is 92.2 Å². The van der Waals surface area contributed by atoms with Gasteiger partial charge < -0.3 is 4.57 Å². The Bertz CT molecular complexity index is 2450. The molecule has 6 heteroatoms. The molecule has 5 aromatic carbocycles. The van der Waals surface area contributed by atoms with E-state index in [0.717, 1.165) is 48.9 Å². The van der Waals surface area contributed by atoms with Crippen LogP contribution in [-0.4, -0.2) is 9.97 Å². The van der Waals surface area contributed by atoms with Crippen LogP contribution in [-0.2, 0) is 4.57 Å². The lowest BCUT2D eigenvalue weighted by Gasteiger charge is -2.20. The predicted octanol–water partition coefficient (Wildman–Crippen LogP) is 10.2. The molecular formula is C40H25N2OPS2. The molecule has 0 aliphatic rings. The Labute approximate surface area is 273 Å². The molecule has 46 heavy (non-hydrogen) atoms. The molecule has 0 radical (unpaired) electrons. The van der Waals surface area contributed by atoms with Crippen molar-refractivity contribution >= 4 is 86.1 Å². The van der Waals surface area contributed by atoms with Gasteiger partial charge in [-0.1, -0.05) is 54.6 Å². The third kappa shape index (κ3) is 4.43. The van der Waals surface area contributed by atoms with Gasteiger partial charge in [0.05, 0.1) is 0 Å². The first-order valence-electron chi connectivity index (χ1n) is 15.1. The van der Waals surface area contributed by atoms with Gasteiger partial charge in [-0.15, -0.1) is 22.7 Å². The first-order valence-corrected chi connectivity index (χ1v) is 18.4. The average Bonchev–Trinajstić information content (AvgIpc) is 3.69. The molecule has 218 valence electrons. The Morgan fingerprint density at radius 1 is 0.413 bits per heavy atom. The zero-order chi connectivity index (χ0) is 30.7. The summed E-state index contributed by atoms with van der Waals surface area (Å²) >= 11 is 3.54. The van der Waals surface area contributed by atoms with Crippen molar-refractivity contribution < 1.29 is 4.57 Å². The Morgan fingerprint density at radius 3 is 1.33 bits per heavy atom. The SMILES string of the molecule is O=P(c1ccccc1)(c1ccc2sc3ccc(-c4cccnc4)cc3c2c1)c1ccc2sc3ccc(-c4cccnc4)cc3c2c1. The number of rotatable bonds is 5. The van der Waals surface area contributed by atoms with Crippen molar-refractivity contribution in [1.82, 2.24) is 9.97 Å². The molecule has 9 aromatic rings. The highest BCUT2D eigenvalue weighted by atomic mass is 32.1. The maximum Gasteiger partial charge on any atom is 0.171 e. The molecule has 0 aliphatic heterocycles. The quantitative estimate of drug-likeness (QED) is 0.175. The van der Waals surface area contributed by atoms with Crippen LogP contribution in [0.2, 0.25) is 0 Å². The van der Waals surface area contributed by atoms with Crippen LogP contribution in [0.25, 0.3) is 62.6 Å². The summed E-state index contributed by atoms with van der Waals surface area (Å²) in [6, 6.07) is 44.0. The number of benzene rings is 5. The van der Waals surface area contributed by atoms with E-state index < -0.39 is 7.14 Å². The van der Waals surface area contributed by atoms with E-state index in [1.807, 2.05) is 54.9 Å². The van der Waals surface area contributed by atoms with Gasteiger partial charge in [0.2, 0.25) is 0 Å². The molecule has 0 saturated carbocycles. The highest BCUT2D eigenvalue weighted by Crippen LogP contribution is 2.46. The number of aromatic nitrogens is 2. The third-order valence-electron chi connectivity index (χ3n) is 8.74. The number of thiophene rings is 2. The molecule has 0 saturated heterocycles. The van der Waals surface area contributed by atoms with Crippen LogP contribution >= 0.6 is 29.8 Å². The maximum absolute atomic E-state index is 15.8. The maximum atomic E-state index is 15.8. The van der Waals surface area contributed by atoms with E-state index in [4.69, 9.17) is 0 Å². The number of pyridine rings is 2. The minimum atomic E-state index is -3.24. The summed E-state index contributed by atoms with van der Waals surface area (Å²) in [5, 5.41) is 7.11. The predicted molar refractivity (Wildman–Crippen MR) is 198 cm³/mol.